The molecular formula is C17H24N2O. The number of para-hydroxylation sites is 1. The summed E-state index contributed by atoms with van der Waals surface area (Å²) in [6.45, 7) is 0. The van der Waals surface area contributed by atoms with Crippen molar-refractivity contribution in [1.29, 1.82) is 0 Å². The second-order valence-electron chi connectivity index (χ2n) is 6.22. The molecule has 0 amide bonds. The molecule has 3 rings (SSSR count). The highest BCUT2D eigenvalue weighted by molar-refractivity contribution is 5.77. The molecule has 0 radical (unpaired) electrons. The van der Waals surface area contributed by atoms with Crippen molar-refractivity contribution in [3.8, 4) is 0 Å². The first-order valence-electron chi connectivity index (χ1n) is 7.55. The standard InChI is InChI=1S/C17H24N2O/c1-19(2)17(10-6-3-7-11-17)16(18)15-12-13-8-4-5-9-14(13)20-15/h4-5,8-9,12,16H,3,6-7,10-11,18H2,1-2H3. The molecule has 20 heavy (non-hydrogen) atoms. The van der Waals surface area contributed by atoms with Gasteiger partial charge in [0.25, 0.3) is 0 Å². The molecule has 3 nitrogen and oxygen atoms in total. The van der Waals surface area contributed by atoms with Crippen molar-refractivity contribution < 1.29 is 4.42 Å². The van der Waals surface area contributed by atoms with Gasteiger partial charge in [-0.25, -0.2) is 0 Å². The van der Waals surface area contributed by atoms with Crippen LogP contribution in [0.25, 0.3) is 11.0 Å². The highest BCUT2D eigenvalue weighted by Gasteiger charge is 2.42. The summed E-state index contributed by atoms with van der Waals surface area (Å²) >= 11 is 0. The monoisotopic (exact) mass is 272 g/mol. The van der Waals surface area contributed by atoms with E-state index in [1.54, 1.807) is 0 Å². The molecule has 1 aliphatic carbocycles. The topological polar surface area (TPSA) is 42.4 Å². The first kappa shape index (κ1) is 13.7. The number of nitrogens with two attached hydrogens (primary N) is 1. The Morgan fingerprint density at radius 3 is 2.50 bits per heavy atom. The number of furan rings is 1. The molecule has 2 N–H and O–H groups in total. The van der Waals surface area contributed by atoms with E-state index in [0.29, 0.717) is 0 Å². The van der Waals surface area contributed by atoms with E-state index in [-0.39, 0.29) is 11.6 Å². The van der Waals surface area contributed by atoms with Crippen LogP contribution in [0.3, 0.4) is 0 Å². The molecule has 0 saturated heterocycles. The molecular weight excluding hydrogens is 248 g/mol. The van der Waals surface area contributed by atoms with Crippen LogP contribution in [-0.4, -0.2) is 24.5 Å². The van der Waals surface area contributed by atoms with Crippen LogP contribution < -0.4 is 5.73 Å². The zero-order valence-corrected chi connectivity index (χ0v) is 12.4. The smallest absolute Gasteiger partial charge is 0.134 e. The number of likely N-dealkylation sites (N-methyl/N-ethyl adjacent to an activating group) is 1. The molecule has 0 spiro atoms. The van der Waals surface area contributed by atoms with E-state index in [1.807, 2.05) is 18.2 Å². The lowest BCUT2D eigenvalue weighted by atomic mass is 9.75. The Morgan fingerprint density at radius 2 is 1.85 bits per heavy atom. The second kappa shape index (κ2) is 5.23. The van der Waals surface area contributed by atoms with Crippen LogP contribution in [0.5, 0.6) is 0 Å². The maximum atomic E-state index is 6.63. The van der Waals surface area contributed by atoms with E-state index >= 15 is 0 Å². The van der Waals surface area contributed by atoms with E-state index in [4.69, 9.17) is 10.2 Å². The Bertz CT molecular complexity index is 548. The predicted molar refractivity (Wildman–Crippen MR) is 82.6 cm³/mol. The average molecular weight is 272 g/mol. The van der Waals surface area contributed by atoms with Gasteiger partial charge in [0.2, 0.25) is 0 Å². The number of benzene rings is 1. The molecule has 1 unspecified atom stereocenters. The fraction of sp³-hybridized carbons (Fsp3) is 0.529. The molecule has 0 aliphatic heterocycles. The largest absolute Gasteiger partial charge is 0.459 e. The predicted octanol–water partition coefficient (Wildman–Crippen LogP) is 3.70. The van der Waals surface area contributed by atoms with Crippen LogP contribution in [0.1, 0.15) is 43.9 Å². The van der Waals surface area contributed by atoms with Gasteiger partial charge in [-0.15, -0.1) is 0 Å². The molecule has 1 aromatic heterocycles. The summed E-state index contributed by atoms with van der Waals surface area (Å²) in [5, 5.41) is 1.14. The highest BCUT2D eigenvalue weighted by Crippen LogP contribution is 2.41. The third-order valence-electron chi connectivity index (χ3n) is 4.94. The number of hydrogen-bond donors (Lipinski definition) is 1. The third kappa shape index (κ3) is 2.15. The van der Waals surface area contributed by atoms with Gasteiger partial charge in [-0.3, -0.25) is 0 Å². The van der Waals surface area contributed by atoms with E-state index in [2.05, 4.69) is 31.1 Å². The highest BCUT2D eigenvalue weighted by atomic mass is 16.3. The number of nitrogens with zero attached hydrogens (tertiary/aromatic N) is 1. The maximum Gasteiger partial charge on any atom is 0.134 e. The van der Waals surface area contributed by atoms with Crippen molar-refractivity contribution in [1.82, 2.24) is 4.90 Å². The van der Waals surface area contributed by atoms with Crippen molar-refractivity contribution in [3.63, 3.8) is 0 Å². The first-order valence-corrected chi connectivity index (χ1v) is 7.55. The molecule has 1 aromatic carbocycles. The summed E-state index contributed by atoms with van der Waals surface area (Å²) < 4.78 is 6.01. The van der Waals surface area contributed by atoms with Gasteiger partial charge in [0, 0.05) is 10.9 Å². The van der Waals surface area contributed by atoms with Gasteiger partial charge in [-0.1, -0.05) is 37.5 Å². The Kier molecular flexibility index (Phi) is 3.57. The lowest BCUT2D eigenvalue weighted by Crippen LogP contribution is -2.53. The summed E-state index contributed by atoms with van der Waals surface area (Å²) in [5.41, 5.74) is 7.60. The lowest BCUT2D eigenvalue weighted by Gasteiger charge is -2.46. The van der Waals surface area contributed by atoms with Gasteiger partial charge in [0.15, 0.2) is 0 Å². The molecule has 2 aromatic rings. The average Bonchev–Trinajstić information content (AvgIpc) is 2.90. The molecule has 1 saturated carbocycles. The minimum Gasteiger partial charge on any atom is -0.459 e. The van der Waals surface area contributed by atoms with Crippen molar-refractivity contribution in [2.45, 2.75) is 43.7 Å². The lowest BCUT2D eigenvalue weighted by molar-refractivity contribution is 0.0641. The minimum atomic E-state index is -0.0646. The van der Waals surface area contributed by atoms with Crippen LogP contribution in [0, 0.1) is 0 Å². The van der Waals surface area contributed by atoms with Crippen LogP contribution in [-0.2, 0) is 0 Å². The summed E-state index contributed by atoms with van der Waals surface area (Å²) in [7, 11) is 4.29. The molecule has 1 heterocycles. The van der Waals surface area contributed by atoms with Gasteiger partial charge in [0.05, 0.1) is 6.04 Å². The quantitative estimate of drug-likeness (QED) is 0.926. The summed E-state index contributed by atoms with van der Waals surface area (Å²) in [4.78, 5) is 2.31. The van der Waals surface area contributed by atoms with Crippen molar-refractivity contribution in [2.24, 2.45) is 5.73 Å². The summed E-state index contributed by atoms with van der Waals surface area (Å²) in [6, 6.07) is 10.2. The van der Waals surface area contributed by atoms with Gasteiger partial charge in [-0.2, -0.15) is 0 Å². The van der Waals surface area contributed by atoms with Crippen LogP contribution in [0.15, 0.2) is 34.7 Å². The van der Waals surface area contributed by atoms with Gasteiger partial charge in [0.1, 0.15) is 11.3 Å². The van der Waals surface area contributed by atoms with E-state index in [9.17, 15) is 0 Å². The fourth-order valence-corrected chi connectivity index (χ4v) is 3.62. The van der Waals surface area contributed by atoms with Gasteiger partial charge in [-0.05, 0) is 39.1 Å². The minimum absolute atomic E-state index is 0.0339. The zero-order chi connectivity index (χ0) is 14.2. The van der Waals surface area contributed by atoms with Crippen molar-refractivity contribution in [2.75, 3.05) is 14.1 Å². The van der Waals surface area contributed by atoms with E-state index in [0.717, 1.165) is 29.6 Å². The Labute approximate surface area is 120 Å². The van der Waals surface area contributed by atoms with E-state index in [1.165, 1.54) is 19.3 Å². The Balaban J connectivity index is 1.98. The second-order valence-corrected chi connectivity index (χ2v) is 6.22. The number of hydrogen-bond acceptors (Lipinski definition) is 3. The van der Waals surface area contributed by atoms with Crippen molar-refractivity contribution >= 4 is 11.0 Å². The molecule has 0 bridgehead atoms. The summed E-state index contributed by atoms with van der Waals surface area (Å²) in [5.74, 6) is 0.918. The van der Waals surface area contributed by atoms with Crippen molar-refractivity contribution in [3.05, 3.63) is 36.1 Å². The van der Waals surface area contributed by atoms with Gasteiger partial charge < -0.3 is 15.1 Å². The number of fused-ring (bicyclic) bond motifs is 1. The molecule has 1 aliphatic rings. The first-order chi connectivity index (χ1) is 9.63. The Hall–Kier alpha value is -1.32. The molecule has 1 fully saturated rings. The van der Waals surface area contributed by atoms with Crippen LogP contribution >= 0.6 is 0 Å². The van der Waals surface area contributed by atoms with E-state index < -0.39 is 0 Å². The van der Waals surface area contributed by atoms with Crippen LogP contribution in [0.4, 0.5) is 0 Å². The summed E-state index contributed by atoms with van der Waals surface area (Å²) in [6.07, 6.45) is 6.14. The maximum absolute atomic E-state index is 6.63. The van der Waals surface area contributed by atoms with Gasteiger partial charge >= 0.3 is 0 Å². The third-order valence-corrected chi connectivity index (χ3v) is 4.94. The normalized spacial score (nSPS) is 20.4. The van der Waals surface area contributed by atoms with Crippen LogP contribution in [0.2, 0.25) is 0 Å². The SMILES string of the molecule is CN(C)C1(C(N)c2cc3ccccc3o2)CCCCC1. The zero-order valence-electron chi connectivity index (χ0n) is 12.4. The molecule has 3 heteroatoms. The number of rotatable bonds is 3. The fourth-order valence-electron chi connectivity index (χ4n) is 3.62. The molecule has 1 atom stereocenters. The Morgan fingerprint density at radius 1 is 1.15 bits per heavy atom. The molecule has 108 valence electrons.